The first-order chi connectivity index (χ1) is 7.99. The standard InChI is InChI=1S/C8H6ClF6N3/c1-18(3-7(10,11)12)5-2-4(8(13,14)15)16-6(9)17-5/h2H,3H2,1H3. The zero-order valence-electron chi connectivity index (χ0n) is 8.77. The minimum Gasteiger partial charge on any atom is -0.350 e. The van der Waals surface area contributed by atoms with Crippen LogP contribution in [0.2, 0.25) is 5.28 Å². The van der Waals surface area contributed by atoms with Crippen LogP contribution in [0.15, 0.2) is 6.07 Å². The summed E-state index contributed by atoms with van der Waals surface area (Å²) < 4.78 is 73.3. The molecule has 0 aliphatic rings. The molecule has 0 saturated carbocycles. The molecule has 1 aromatic heterocycles. The Morgan fingerprint density at radius 1 is 1.17 bits per heavy atom. The van der Waals surface area contributed by atoms with Crippen LogP contribution in [0.4, 0.5) is 32.2 Å². The van der Waals surface area contributed by atoms with Gasteiger partial charge in [-0.1, -0.05) is 0 Å². The molecule has 0 spiro atoms. The van der Waals surface area contributed by atoms with Gasteiger partial charge in [0.25, 0.3) is 0 Å². The fourth-order valence-corrected chi connectivity index (χ4v) is 1.27. The van der Waals surface area contributed by atoms with Crippen molar-refractivity contribution < 1.29 is 26.3 Å². The van der Waals surface area contributed by atoms with Crippen LogP contribution in [-0.4, -0.2) is 29.7 Å². The van der Waals surface area contributed by atoms with E-state index < -0.39 is 35.7 Å². The Labute approximate surface area is 102 Å². The fourth-order valence-electron chi connectivity index (χ4n) is 1.10. The molecular formula is C8H6ClF6N3. The zero-order valence-corrected chi connectivity index (χ0v) is 9.53. The molecule has 0 aliphatic carbocycles. The Kier molecular flexibility index (Phi) is 3.94. The van der Waals surface area contributed by atoms with Gasteiger partial charge in [0, 0.05) is 13.1 Å². The van der Waals surface area contributed by atoms with E-state index in [-0.39, 0.29) is 0 Å². The highest BCUT2D eigenvalue weighted by atomic mass is 35.5. The van der Waals surface area contributed by atoms with E-state index in [9.17, 15) is 26.3 Å². The predicted molar refractivity (Wildman–Crippen MR) is 51.4 cm³/mol. The van der Waals surface area contributed by atoms with Crippen LogP contribution in [0.3, 0.4) is 0 Å². The lowest BCUT2D eigenvalue weighted by molar-refractivity contribution is -0.141. The van der Waals surface area contributed by atoms with Gasteiger partial charge in [0.1, 0.15) is 12.4 Å². The molecule has 0 aliphatic heterocycles. The molecule has 0 radical (unpaired) electrons. The number of halogens is 7. The van der Waals surface area contributed by atoms with Crippen molar-refractivity contribution >= 4 is 17.4 Å². The van der Waals surface area contributed by atoms with Crippen LogP contribution in [0, 0.1) is 0 Å². The molecule has 0 fully saturated rings. The summed E-state index contributed by atoms with van der Waals surface area (Å²) in [6.07, 6.45) is -9.37. The zero-order chi connectivity index (χ0) is 14.1. The lowest BCUT2D eigenvalue weighted by Crippen LogP contribution is -2.31. The van der Waals surface area contributed by atoms with Gasteiger partial charge in [-0.15, -0.1) is 0 Å². The molecule has 0 unspecified atom stereocenters. The van der Waals surface area contributed by atoms with Gasteiger partial charge in [-0.05, 0) is 11.6 Å². The topological polar surface area (TPSA) is 29.0 Å². The highest BCUT2D eigenvalue weighted by Gasteiger charge is 2.35. The van der Waals surface area contributed by atoms with Gasteiger partial charge in [0.05, 0.1) is 0 Å². The van der Waals surface area contributed by atoms with Gasteiger partial charge in [-0.25, -0.2) is 9.97 Å². The molecule has 1 rings (SSSR count). The minimum absolute atomic E-state index is 0.400. The van der Waals surface area contributed by atoms with E-state index in [1.807, 2.05) is 0 Å². The van der Waals surface area contributed by atoms with Crippen LogP contribution in [0.1, 0.15) is 5.69 Å². The van der Waals surface area contributed by atoms with Crippen molar-refractivity contribution in [2.24, 2.45) is 0 Å². The maximum atomic E-state index is 12.4. The van der Waals surface area contributed by atoms with Crippen molar-refractivity contribution in [1.29, 1.82) is 0 Å². The molecule has 0 N–H and O–H groups in total. The number of hydrogen-bond acceptors (Lipinski definition) is 3. The number of aromatic nitrogens is 2. The molecule has 0 amide bonds. The third-order valence-electron chi connectivity index (χ3n) is 1.78. The summed E-state index contributed by atoms with van der Waals surface area (Å²) in [5.74, 6) is -0.556. The smallest absolute Gasteiger partial charge is 0.350 e. The molecule has 10 heteroatoms. The van der Waals surface area contributed by atoms with Crippen molar-refractivity contribution in [1.82, 2.24) is 9.97 Å². The van der Waals surface area contributed by atoms with E-state index in [4.69, 9.17) is 11.6 Å². The molecule has 3 nitrogen and oxygen atoms in total. The predicted octanol–water partition coefficient (Wildman–Crippen LogP) is 3.15. The van der Waals surface area contributed by atoms with Gasteiger partial charge in [-0.2, -0.15) is 26.3 Å². The number of rotatable bonds is 2. The highest BCUT2D eigenvalue weighted by Crippen LogP contribution is 2.30. The minimum atomic E-state index is -4.81. The average molecular weight is 294 g/mol. The SMILES string of the molecule is CN(CC(F)(F)F)c1cc(C(F)(F)F)nc(Cl)n1. The van der Waals surface area contributed by atoms with Crippen molar-refractivity contribution in [2.45, 2.75) is 12.4 Å². The monoisotopic (exact) mass is 293 g/mol. The summed E-state index contributed by atoms with van der Waals surface area (Å²) in [4.78, 5) is 6.72. The number of hydrogen-bond donors (Lipinski definition) is 0. The number of alkyl halides is 6. The first-order valence-corrected chi connectivity index (χ1v) is 4.76. The maximum Gasteiger partial charge on any atom is 0.433 e. The van der Waals surface area contributed by atoms with E-state index in [1.165, 1.54) is 0 Å². The van der Waals surface area contributed by atoms with E-state index in [0.29, 0.717) is 11.0 Å². The summed E-state index contributed by atoms with van der Waals surface area (Å²) in [6, 6.07) is 0.400. The van der Waals surface area contributed by atoms with Crippen molar-refractivity contribution in [3.63, 3.8) is 0 Å². The first kappa shape index (κ1) is 14.8. The maximum absolute atomic E-state index is 12.4. The third-order valence-corrected chi connectivity index (χ3v) is 1.95. The van der Waals surface area contributed by atoms with Crippen LogP contribution in [-0.2, 0) is 6.18 Å². The number of anilines is 1. The summed E-state index contributed by atoms with van der Waals surface area (Å²) in [5.41, 5.74) is -1.40. The van der Waals surface area contributed by atoms with E-state index in [1.54, 1.807) is 0 Å². The van der Waals surface area contributed by atoms with Gasteiger partial charge >= 0.3 is 12.4 Å². The largest absolute Gasteiger partial charge is 0.433 e. The molecule has 1 heterocycles. The average Bonchev–Trinajstić information content (AvgIpc) is 2.12. The Morgan fingerprint density at radius 3 is 2.17 bits per heavy atom. The summed E-state index contributed by atoms with van der Waals surface area (Å²) in [5, 5.41) is -0.770. The summed E-state index contributed by atoms with van der Waals surface area (Å²) >= 11 is 5.24. The van der Waals surface area contributed by atoms with Crippen LogP contribution in [0.5, 0.6) is 0 Å². The Morgan fingerprint density at radius 2 is 1.72 bits per heavy atom. The van der Waals surface area contributed by atoms with Gasteiger partial charge in [0.2, 0.25) is 5.28 Å². The molecule has 0 atom stereocenters. The molecule has 18 heavy (non-hydrogen) atoms. The summed E-state index contributed by atoms with van der Waals surface area (Å²) in [6.45, 7) is -1.45. The van der Waals surface area contributed by atoms with E-state index in [0.717, 1.165) is 7.05 Å². The second kappa shape index (κ2) is 4.79. The van der Waals surface area contributed by atoms with Crippen molar-refractivity contribution in [3.8, 4) is 0 Å². The highest BCUT2D eigenvalue weighted by molar-refractivity contribution is 6.28. The second-order valence-electron chi connectivity index (χ2n) is 3.35. The molecular weight excluding hydrogens is 288 g/mol. The summed E-state index contributed by atoms with van der Waals surface area (Å²) in [7, 11) is 0.951. The fraction of sp³-hybridized carbons (Fsp3) is 0.500. The number of nitrogens with zero attached hydrogens (tertiary/aromatic N) is 3. The third kappa shape index (κ3) is 4.21. The first-order valence-electron chi connectivity index (χ1n) is 4.39. The van der Waals surface area contributed by atoms with Crippen LogP contribution in [0.25, 0.3) is 0 Å². The van der Waals surface area contributed by atoms with Gasteiger partial charge in [0.15, 0.2) is 5.69 Å². The quantitative estimate of drug-likeness (QED) is 0.619. The normalized spacial score (nSPS) is 12.7. The van der Waals surface area contributed by atoms with Gasteiger partial charge < -0.3 is 4.90 Å². The Bertz CT molecular complexity index is 430. The molecule has 102 valence electrons. The van der Waals surface area contributed by atoms with Gasteiger partial charge in [-0.3, -0.25) is 0 Å². The second-order valence-corrected chi connectivity index (χ2v) is 3.69. The Balaban J connectivity index is 3.07. The molecule has 0 aromatic carbocycles. The lowest BCUT2D eigenvalue weighted by Gasteiger charge is -2.20. The van der Waals surface area contributed by atoms with E-state index >= 15 is 0 Å². The lowest BCUT2D eigenvalue weighted by atomic mass is 10.3. The molecule has 0 bridgehead atoms. The van der Waals surface area contributed by atoms with Crippen LogP contribution < -0.4 is 4.90 Å². The van der Waals surface area contributed by atoms with Crippen LogP contribution >= 0.6 is 11.6 Å². The van der Waals surface area contributed by atoms with Crippen molar-refractivity contribution in [2.75, 3.05) is 18.5 Å². The van der Waals surface area contributed by atoms with Crippen molar-refractivity contribution in [3.05, 3.63) is 17.0 Å². The van der Waals surface area contributed by atoms with E-state index in [2.05, 4.69) is 9.97 Å². The molecule has 0 saturated heterocycles. The Hall–Kier alpha value is -1.25. The molecule has 1 aromatic rings.